The summed E-state index contributed by atoms with van der Waals surface area (Å²) in [7, 11) is 1.66. The molecule has 0 saturated heterocycles. The molecule has 1 aromatic carbocycles. The highest BCUT2D eigenvalue weighted by molar-refractivity contribution is 6.12. The Balaban J connectivity index is 2.08. The number of fused-ring (bicyclic) bond motifs is 1. The van der Waals surface area contributed by atoms with E-state index >= 15 is 0 Å². The molecular weight excluding hydrogens is 322 g/mol. The molecule has 0 bridgehead atoms. The van der Waals surface area contributed by atoms with Crippen LogP contribution in [0.4, 0.5) is 4.79 Å². The molecule has 25 heavy (non-hydrogen) atoms. The number of carbonyl (C=O) groups is 3. The van der Waals surface area contributed by atoms with Gasteiger partial charge in [0.1, 0.15) is 11.5 Å². The zero-order chi connectivity index (χ0) is 18.8. The summed E-state index contributed by atoms with van der Waals surface area (Å²) in [6, 6.07) is 5.38. The van der Waals surface area contributed by atoms with Crippen LogP contribution in [0.15, 0.2) is 18.2 Å². The molecule has 1 unspecified atom stereocenters. The fourth-order valence-electron chi connectivity index (χ4n) is 2.77. The third-order valence-corrected chi connectivity index (χ3v) is 3.87. The number of hydrogen-bond donors (Lipinski definition) is 0. The summed E-state index contributed by atoms with van der Waals surface area (Å²) >= 11 is 0. The smallest absolute Gasteiger partial charge is 0.410 e. The van der Waals surface area contributed by atoms with Gasteiger partial charge in [-0.2, -0.15) is 0 Å². The van der Waals surface area contributed by atoms with Crippen molar-refractivity contribution < 1.29 is 23.9 Å². The first-order valence-corrected chi connectivity index (χ1v) is 8.39. The van der Waals surface area contributed by atoms with Crippen molar-refractivity contribution in [3.63, 3.8) is 0 Å². The maximum absolute atomic E-state index is 12.3. The van der Waals surface area contributed by atoms with Crippen LogP contribution in [0, 0.1) is 5.92 Å². The Morgan fingerprint density at radius 1 is 1.28 bits per heavy atom. The van der Waals surface area contributed by atoms with Crippen molar-refractivity contribution in [2.45, 2.75) is 46.3 Å². The van der Waals surface area contributed by atoms with Gasteiger partial charge in [-0.1, -0.05) is 18.2 Å². The van der Waals surface area contributed by atoms with Crippen molar-refractivity contribution in [1.29, 1.82) is 0 Å². The van der Waals surface area contributed by atoms with Crippen molar-refractivity contribution in [2.24, 2.45) is 5.92 Å². The summed E-state index contributed by atoms with van der Waals surface area (Å²) in [5.74, 6) is -1.43. The second kappa shape index (κ2) is 7.25. The van der Waals surface area contributed by atoms with Gasteiger partial charge in [0.15, 0.2) is 5.78 Å². The van der Waals surface area contributed by atoms with E-state index in [9.17, 15) is 14.4 Å². The van der Waals surface area contributed by atoms with Gasteiger partial charge in [0.2, 0.25) is 0 Å². The predicted molar refractivity (Wildman–Crippen MR) is 92.3 cm³/mol. The van der Waals surface area contributed by atoms with E-state index < -0.39 is 23.6 Å². The minimum Gasteiger partial charge on any atom is -0.465 e. The molecule has 2 rings (SSSR count). The van der Waals surface area contributed by atoms with Gasteiger partial charge in [0.05, 0.1) is 6.61 Å². The molecule has 0 aliphatic heterocycles. The van der Waals surface area contributed by atoms with Crippen LogP contribution < -0.4 is 0 Å². The molecule has 0 heterocycles. The van der Waals surface area contributed by atoms with Crippen molar-refractivity contribution in [1.82, 2.24) is 4.90 Å². The monoisotopic (exact) mass is 347 g/mol. The van der Waals surface area contributed by atoms with Crippen LogP contribution in [0.5, 0.6) is 0 Å². The van der Waals surface area contributed by atoms with Crippen LogP contribution in [0.2, 0.25) is 0 Å². The van der Waals surface area contributed by atoms with E-state index in [2.05, 4.69) is 0 Å². The summed E-state index contributed by atoms with van der Waals surface area (Å²) < 4.78 is 10.3. The SMILES string of the molecule is CCOC(=O)C1Cc2cc(CN(C)C(=O)OC(C)(C)C)ccc2C1=O. The highest BCUT2D eigenvalue weighted by Crippen LogP contribution is 2.29. The number of esters is 1. The van der Waals surface area contributed by atoms with Crippen LogP contribution >= 0.6 is 0 Å². The quantitative estimate of drug-likeness (QED) is 0.618. The summed E-state index contributed by atoms with van der Waals surface area (Å²) in [5, 5.41) is 0. The van der Waals surface area contributed by atoms with Gasteiger partial charge in [0, 0.05) is 19.2 Å². The summed E-state index contributed by atoms with van der Waals surface area (Å²) in [6.07, 6.45) is -0.0646. The normalized spacial score (nSPS) is 16.4. The molecule has 0 fully saturated rings. The molecule has 136 valence electrons. The fraction of sp³-hybridized carbons (Fsp3) is 0.526. The fourth-order valence-corrected chi connectivity index (χ4v) is 2.77. The Labute approximate surface area is 148 Å². The Morgan fingerprint density at radius 3 is 2.56 bits per heavy atom. The highest BCUT2D eigenvalue weighted by atomic mass is 16.6. The van der Waals surface area contributed by atoms with Crippen molar-refractivity contribution in [3.8, 4) is 0 Å². The lowest BCUT2D eigenvalue weighted by molar-refractivity contribution is -0.145. The molecule has 1 amide bonds. The van der Waals surface area contributed by atoms with E-state index in [0.717, 1.165) is 11.1 Å². The highest BCUT2D eigenvalue weighted by Gasteiger charge is 2.36. The summed E-state index contributed by atoms with van der Waals surface area (Å²) in [4.78, 5) is 37.8. The number of rotatable bonds is 4. The molecule has 0 aromatic heterocycles. The zero-order valence-electron chi connectivity index (χ0n) is 15.4. The average molecular weight is 347 g/mol. The lowest BCUT2D eigenvalue weighted by Gasteiger charge is -2.24. The summed E-state index contributed by atoms with van der Waals surface area (Å²) in [6.45, 7) is 7.78. The molecule has 0 spiro atoms. The lowest BCUT2D eigenvalue weighted by Crippen LogP contribution is -2.33. The van der Waals surface area contributed by atoms with Gasteiger partial charge in [-0.05, 0) is 45.2 Å². The van der Waals surface area contributed by atoms with Crippen LogP contribution in [0.1, 0.15) is 49.2 Å². The largest absolute Gasteiger partial charge is 0.465 e. The number of ether oxygens (including phenoxy) is 2. The van der Waals surface area contributed by atoms with Crippen molar-refractivity contribution in [2.75, 3.05) is 13.7 Å². The number of benzene rings is 1. The molecule has 1 aliphatic rings. The minimum absolute atomic E-state index is 0.194. The van der Waals surface area contributed by atoms with Crippen molar-refractivity contribution in [3.05, 3.63) is 34.9 Å². The topological polar surface area (TPSA) is 72.9 Å². The molecule has 6 heteroatoms. The van der Waals surface area contributed by atoms with Crippen LogP contribution in [0.3, 0.4) is 0 Å². The summed E-state index contributed by atoms with van der Waals surface area (Å²) in [5.41, 5.74) is 1.70. The maximum atomic E-state index is 12.3. The van der Waals surface area contributed by atoms with E-state index in [1.165, 1.54) is 4.90 Å². The first-order valence-electron chi connectivity index (χ1n) is 8.39. The Morgan fingerprint density at radius 2 is 1.96 bits per heavy atom. The zero-order valence-corrected chi connectivity index (χ0v) is 15.4. The molecule has 1 atom stereocenters. The second-order valence-corrected chi connectivity index (χ2v) is 7.20. The lowest BCUT2D eigenvalue weighted by atomic mass is 10.1. The Bertz CT molecular complexity index is 690. The van der Waals surface area contributed by atoms with E-state index in [0.29, 0.717) is 18.5 Å². The first kappa shape index (κ1) is 19.0. The third-order valence-electron chi connectivity index (χ3n) is 3.87. The molecule has 0 radical (unpaired) electrons. The maximum Gasteiger partial charge on any atom is 0.410 e. The number of nitrogens with zero attached hydrogens (tertiary/aromatic N) is 1. The number of hydrogen-bond acceptors (Lipinski definition) is 5. The van der Waals surface area contributed by atoms with Crippen LogP contribution in [0.25, 0.3) is 0 Å². The van der Waals surface area contributed by atoms with Crippen molar-refractivity contribution >= 4 is 17.8 Å². The van der Waals surface area contributed by atoms with Gasteiger partial charge in [-0.15, -0.1) is 0 Å². The van der Waals surface area contributed by atoms with E-state index in [1.54, 1.807) is 26.1 Å². The third kappa shape index (κ3) is 4.59. The average Bonchev–Trinajstić information content (AvgIpc) is 2.82. The number of amides is 1. The number of carbonyl (C=O) groups excluding carboxylic acids is 3. The molecule has 1 aromatic rings. The van der Waals surface area contributed by atoms with Gasteiger partial charge < -0.3 is 14.4 Å². The van der Waals surface area contributed by atoms with Crippen LogP contribution in [-0.4, -0.2) is 42.0 Å². The second-order valence-electron chi connectivity index (χ2n) is 7.20. The van der Waals surface area contributed by atoms with E-state index in [1.807, 2.05) is 26.8 Å². The van der Waals surface area contributed by atoms with Gasteiger partial charge in [-0.25, -0.2) is 4.79 Å². The van der Waals surface area contributed by atoms with Crippen LogP contribution in [-0.2, 0) is 27.2 Å². The van der Waals surface area contributed by atoms with Gasteiger partial charge >= 0.3 is 12.1 Å². The number of Topliss-reactive ketones (excluding diaryl/α,β-unsaturated/α-hetero) is 1. The molecule has 0 saturated carbocycles. The minimum atomic E-state index is -0.756. The Kier molecular flexibility index (Phi) is 5.50. The van der Waals surface area contributed by atoms with Gasteiger partial charge in [-0.3, -0.25) is 9.59 Å². The van der Waals surface area contributed by atoms with E-state index in [-0.39, 0.29) is 12.4 Å². The Hall–Kier alpha value is -2.37. The number of ketones is 1. The van der Waals surface area contributed by atoms with Gasteiger partial charge in [0.25, 0.3) is 0 Å². The first-order chi connectivity index (χ1) is 11.6. The molecule has 1 aliphatic carbocycles. The molecule has 0 N–H and O–H groups in total. The standard InChI is InChI=1S/C19H25NO5/c1-6-24-17(22)15-10-13-9-12(7-8-14(13)16(15)21)11-20(5)18(23)25-19(2,3)4/h7-9,15H,6,10-11H2,1-5H3. The molecular formula is C19H25NO5. The van der Waals surface area contributed by atoms with E-state index in [4.69, 9.17) is 9.47 Å². The predicted octanol–water partition coefficient (Wildman–Crippen LogP) is 2.97. The molecule has 6 nitrogen and oxygen atoms in total.